The normalized spacial score (nSPS) is 9.61. The van der Waals surface area contributed by atoms with Gasteiger partial charge in [0, 0.05) is 5.56 Å². The predicted octanol–water partition coefficient (Wildman–Crippen LogP) is 2.61. The number of hydrogen-bond donors (Lipinski definition) is 0. The van der Waals surface area contributed by atoms with E-state index in [1.165, 1.54) is 50.6 Å². The van der Waals surface area contributed by atoms with Gasteiger partial charge in [0.1, 0.15) is 5.75 Å². The van der Waals surface area contributed by atoms with Crippen LogP contribution in [0.25, 0.3) is 0 Å². The average Bonchev–Trinajstić information content (AvgIpc) is 2.60. The molecule has 0 amide bonds. The third kappa shape index (κ3) is 3.47. The van der Waals surface area contributed by atoms with Crippen molar-refractivity contribution in [1.82, 2.24) is 0 Å². The zero-order valence-electron chi connectivity index (χ0n) is 12.5. The summed E-state index contributed by atoms with van der Waals surface area (Å²) in [6.07, 6.45) is 0.539. The summed E-state index contributed by atoms with van der Waals surface area (Å²) in [6.45, 7) is 0. The number of aldehydes is 1. The van der Waals surface area contributed by atoms with Crippen LogP contribution in [0, 0.1) is 11.3 Å². The molecule has 2 rings (SSSR count). The van der Waals surface area contributed by atoms with Gasteiger partial charge < -0.3 is 14.2 Å². The van der Waals surface area contributed by atoms with Crippen molar-refractivity contribution >= 4 is 12.3 Å². The van der Waals surface area contributed by atoms with Crippen molar-refractivity contribution in [2.75, 3.05) is 14.2 Å². The van der Waals surface area contributed by atoms with Crippen LogP contribution in [0.15, 0.2) is 36.4 Å². The molecule has 0 saturated carbocycles. The van der Waals surface area contributed by atoms with E-state index in [0.29, 0.717) is 23.3 Å². The Balaban J connectivity index is 2.34. The van der Waals surface area contributed by atoms with Crippen LogP contribution in [-0.2, 0) is 0 Å². The molecule has 0 heterocycles. The first-order valence-corrected chi connectivity index (χ1v) is 6.56. The fourth-order valence-electron chi connectivity index (χ4n) is 1.93. The van der Waals surface area contributed by atoms with E-state index in [2.05, 4.69) is 0 Å². The molecule has 2 aromatic carbocycles. The Bertz CT molecular complexity index is 775. The van der Waals surface area contributed by atoms with Gasteiger partial charge in [0.25, 0.3) is 0 Å². The molecule has 0 aliphatic heterocycles. The average molecular weight is 311 g/mol. The van der Waals surface area contributed by atoms with Gasteiger partial charge in [0.15, 0.2) is 17.8 Å². The fraction of sp³-hybridized carbons (Fsp3) is 0.118. The first kappa shape index (κ1) is 16.0. The summed E-state index contributed by atoms with van der Waals surface area (Å²) in [5.41, 5.74) is 0.632. The summed E-state index contributed by atoms with van der Waals surface area (Å²) in [5, 5.41) is 8.74. The van der Waals surface area contributed by atoms with Crippen LogP contribution in [-0.4, -0.2) is 26.5 Å². The SMILES string of the molecule is COc1cc(C=O)c(C(=O)Oc2ccc(C#N)cc2)cc1OC. The molecule has 2 aromatic rings. The third-order valence-electron chi connectivity index (χ3n) is 3.10. The topological polar surface area (TPSA) is 85.6 Å². The largest absolute Gasteiger partial charge is 0.493 e. The highest BCUT2D eigenvalue weighted by Gasteiger charge is 2.18. The molecule has 0 aromatic heterocycles. The number of methoxy groups -OCH3 is 2. The van der Waals surface area contributed by atoms with Crippen LogP contribution in [0.5, 0.6) is 17.2 Å². The predicted molar refractivity (Wildman–Crippen MR) is 81.0 cm³/mol. The van der Waals surface area contributed by atoms with Crippen molar-refractivity contribution in [1.29, 1.82) is 5.26 Å². The number of ether oxygens (including phenoxy) is 3. The molecule has 0 unspecified atom stereocenters. The lowest BCUT2D eigenvalue weighted by Crippen LogP contribution is -2.12. The number of hydrogen-bond acceptors (Lipinski definition) is 6. The van der Waals surface area contributed by atoms with E-state index in [1.54, 1.807) is 0 Å². The number of rotatable bonds is 5. The van der Waals surface area contributed by atoms with Crippen LogP contribution < -0.4 is 14.2 Å². The highest BCUT2D eigenvalue weighted by atomic mass is 16.5. The molecule has 6 nitrogen and oxygen atoms in total. The van der Waals surface area contributed by atoms with Crippen molar-refractivity contribution in [2.24, 2.45) is 0 Å². The Morgan fingerprint density at radius 2 is 1.70 bits per heavy atom. The zero-order chi connectivity index (χ0) is 16.8. The van der Waals surface area contributed by atoms with Gasteiger partial charge in [-0.2, -0.15) is 5.26 Å². The second-order valence-corrected chi connectivity index (χ2v) is 4.44. The number of carbonyl (C=O) groups excluding carboxylic acids is 2. The second kappa shape index (κ2) is 7.09. The molecule has 23 heavy (non-hydrogen) atoms. The first-order chi connectivity index (χ1) is 11.1. The smallest absolute Gasteiger partial charge is 0.344 e. The maximum Gasteiger partial charge on any atom is 0.344 e. The molecule has 116 valence electrons. The van der Waals surface area contributed by atoms with E-state index in [1.807, 2.05) is 6.07 Å². The van der Waals surface area contributed by atoms with Gasteiger partial charge in [-0.05, 0) is 36.4 Å². The lowest BCUT2D eigenvalue weighted by atomic mass is 10.1. The Hall–Kier alpha value is -3.33. The highest BCUT2D eigenvalue weighted by Crippen LogP contribution is 2.30. The number of benzene rings is 2. The maximum atomic E-state index is 12.3. The van der Waals surface area contributed by atoms with Gasteiger partial charge in [-0.15, -0.1) is 0 Å². The molecular weight excluding hydrogens is 298 g/mol. The Labute approximate surface area is 132 Å². The van der Waals surface area contributed by atoms with E-state index in [0.717, 1.165) is 0 Å². The van der Waals surface area contributed by atoms with Gasteiger partial charge in [0.2, 0.25) is 0 Å². The molecule has 0 bridgehead atoms. The summed E-state index contributed by atoms with van der Waals surface area (Å²) >= 11 is 0. The van der Waals surface area contributed by atoms with E-state index >= 15 is 0 Å². The van der Waals surface area contributed by atoms with Crippen molar-refractivity contribution < 1.29 is 23.8 Å². The van der Waals surface area contributed by atoms with Gasteiger partial charge in [0.05, 0.1) is 31.4 Å². The fourth-order valence-corrected chi connectivity index (χ4v) is 1.93. The van der Waals surface area contributed by atoms with Gasteiger partial charge >= 0.3 is 5.97 Å². The summed E-state index contributed by atoms with van der Waals surface area (Å²) < 4.78 is 15.4. The second-order valence-electron chi connectivity index (χ2n) is 4.44. The monoisotopic (exact) mass is 311 g/mol. The molecule has 6 heteroatoms. The minimum Gasteiger partial charge on any atom is -0.493 e. The molecule has 0 saturated heterocycles. The van der Waals surface area contributed by atoms with E-state index in [4.69, 9.17) is 19.5 Å². The quantitative estimate of drug-likeness (QED) is 0.479. The van der Waals surface area contributed by atoms with Crippen LogP contribution in [0.3, 0.4) is 0 Å². The highest BCUT2D eigenvalue weighted by molar-refractivity contribution is 6.00. The van der Waals surface area contributed by atoms with Gasteiger partial charge in [-0.25, -0.2) is 4.79 Å². The van der Waals surface area contributed by atoms with Crippen LogP contribution in [0.2, 0.25) is 0 Å². The third-order valence-corrected chi connectivity index (χ3v) is 3.10. The first-order valence-electron chi connectivity index (χ1n) is 6.56. The standard InChI is InChI=1S/C17H13NO5/c1-21-15-7-12(10-19)14(8-16(15)22-2)17(20)23-13-5-3-11(9-18)4-6-13/h3-8,10H,1-2H3. The van der Waals surface area contributed by atoms with Crippen molar-refractivity contribution in [3.8, 4) is 23.3 Å². The molecular formula is C17H13NO5. The summed E-state index contributed by atoms with van der Waals surface area (Å²) in [5.74, 6) is 0.202. The molecule has 0 aliphatic rings. The van der Waals surface area contributed by atoms with Crippen LogP contribution in [0.1, 0.15) is 26.3 Å². The molecule has 0 N–H and O–H groups in total. The Morgan fingerprint density at radius 3 is 2.22 bits per heavy atom. The van der Waals surface area contributed by atoms with Gasteiger partial charge in [-0.3, -0.25) is 4.79 Å². The number of nitrogens with zero attached hydrogens (tertiary/aromatic N) is 1. The number of nitriles is 1. The van der Waals surface area contributed by atoms with Crippen molar-refractivity contribution in [2.45, 2.75) is 0 Å². The molecule has 0 aliphatic carbocycles. The Kier molecular flexibility index (Phi) is 4.95. The number of esters is 1. The lowest BCUT2D eigenvalue weighted by Gasteiger charge is -2.11. The van der Waals surface area contributed by atoms with Crippen molar-refractivity contribution in [3.05, 3.63) is 53.1 Å². The van der Waals surface area contributed by atoms with Crippen LogP contribution >= 0.6 is 0 Å². The molecule has 0 spiro atoms. The Morgan fingerprint density at radius 1 is 1.09 bits per heavy atom. The summed E-state index contributed by atoms with van der Waals surface area (Å²) in [7, 11) is 2.86. The summed E-state index contributed by atoms with van der Waals surface area (Å²) in [4.78, 5) is 23.5. The van der Waals surface area contributed by atoms with E-state index in [-0.39, 0.29) is 16.9 Å². The molecule has 0 radical (unpaired) electrons. The lowest BCUT2D eigenvalue weighted by molar-refractivity contribution is 0.0731. The van der Waals surface area contributed by atoms with Gasteiger partial charge in [-0.1, -0.05) is 0 Å². The number of carbonyl (C=O) groups is 2. The van der Waals surface area contributed by atoms with E-state index in [9.17, 15) is 9.59 Å². The minimum absolute atomic E-state index is 0.0574. The molecule has 0 fully saturated rings. The van der Waals surface area contributed by atoms with E-state index < -0.39 is 5.97 Å². The zero-order valence-corrected chi connectivity index (χ0v) is 12.5. The maximum absolute atomic E-state index is 12.3. The minimum atomic E-state index is -0.710. The summed E-state index contributed by atoms with van der Waals surface area (Å²) in [6, 6.07) is 10.8. The van der Waals surface area contributed by atoms with Crippen LogP contribution in [0.4, 0.5) is 0 Å². The van der Waals surface area contributed by atoms with Crippen molar-refractivity contribution in [3.63, 3.8) is 0 Å². The molecule has 0 atom stereocenters.